The van der Waals surface area contributed by atoms with Crippen molar-refractivity contribution in [3.63, 3.8) is 0 Å². The fourth-order valence-electron chi connectivity index (χ4n) is 2.04. The molecule has 2 nitrogen and oxygen atoms in total. The van der Waals surface area contributed by atoms with Gasteiger partial charge >= 0.3 is 0 Å². The molecule has 1 unspecified atom stereocenters. The molecule has 3 heteroatoms. The second-order valence-electron chi connectivity index (χ2n) is 4.62. The molecule has 0 aliphatic heterocycles. The molecule has 1 heterocycles. The van der Waals surface area contributed by atoms with Crippen LogP contribution in [0.1, 0.15) is 10.4 Å². The van der Waals surface area contributed by atoms with E-state index in [0.29, 0.717) is 6.54 Å². The summed E-state index contributed by atoms with van der Waals surface area (Å²) in [6, 6.07) is 14.4. The summed E-state index contributed by atoms with van der Waals surface area (Å²) in [6.45, 7) is 1.58. The molecule has 0 aliphatic carbocycles. The fourth-order valence-corrected chi connectivity index (χ4v) is 2.82. The van der Waals surface area contributed by atoms with Gasteiger partial charge in [-0.25, -0.2) is 0 Å². The van der Waals surface area contributed by atoms with Gasteiger partial charge in [-0.2, -0.15) is 0 Å². The summed E-state index contributed by atoms with van der Waals surface area (Å²) < 4.78 is 0. The smallest absolute Gasteiger partial charge is 0.0715 e. The number of hydrogen-bond donors (Lipinski definition) is 1. The molecule has 18 heavy (non-hydrogen) atoms. The largest absolute Gasteiger partial charge is 0.391 e. The molecule has 0 saturated carbocycles. The Morgan fingerprint density at radius 1 is 1.17 bits per heavy atom. The standard InChI is InChI=1S/C15H19NOS/c1-16(11-13-6-3-2-4-7-13)12-14(17)10-15-8-5-9-18-15/h2-9,14,17H,10-12H2,1H3. The summed E-state index contributed by atoms with van der Waals surface area (Å²) >= 11 is 1.70. The Labute approximate surface area is 113 Å². The van der Waals surface area contributed by atoms with Gasteiger partial charge in [0.1, 0.15) is 0 Å². The molecular formula is C15H19NOS. The predicted octanol–water partition coefficient (Wildman–Crippen LogP) is 2.78. The topological polar surface area (TPSA) is 23.5 Å². The van der Waals surface area contributed by atoms with Crippen LogP contribution in [0.3, 0.4) is 0 Å². The van der Waals surface area contributed by atoms with Crippen molar-refractivity contribution in [2.45, 2.75) is 19.1 Å². The van der Waals surface area contributed by atoms with Crippen LogP contribution in [0, 0.1) is 0 Å². The predicted molar refractivity (Wildman–Crippen MR) is 76.8 cm³/mol. The van der Waals surface area contributed by atoms with Crippen molar-refractivity contribution >= 4 is 11.3 Å². The summed E-state index contributed by atoms with van der Waals surface area (Å²) in [5, 5.41) is 12.1. The quantitative estimate of drug-likeness (QED) is 0.864. The van der Waals surface area contributed by atoms with E-state index >= 15 is 0 Å². The van der Waals surface area contributed by atoms with E-state index < -0.39 is 0 Å². The van der Waals surface area contributed by atoms with Crippen molar-refractivity contribution in [2.24, 2.45) is 0 Å². The van der Waals surface area contributed by atoms with E-state index in [1.807, 2.05) is 31.3 Å². The number of rotatable bonds is 6. The molecule has 0 radical (unpaired) electrons. The highest BCUT2D eigenvalue weighted by Crippen LogP contribution is 2.12. The Morgan fingerprint density at radius 2 is 1.94 bits per heavy atom. The maximum atomic E-state index is 10.0. The van der Waals surface area contributed by atoms with E-state index in [4.69, 9.17) is 0 Å². The average molecular weight is 261 g/mol. The molecule has 0 aliphatic rings. The van der Waals surface area contributed by atoms with Gasteiger partial charge in [-0.15, -0.1) is 11.3 Å². The van der Waals surface area contributed by atoms with Gasteiger partial charge in [0.25, 0.3) is 0 Å². The Bertz CT molecular complexity index is 441. The SMILES string of the molecule is CN(Cc1ccccc1)CC(O)Cc1cccs1. The van der Waals surface area contributed by atoms with Gasteiger partial charge in [0, 0.05) is 24.4 Å². The Kier molecular flexibility index (Phi) is 4.93. The van der Waals surface area contributed by atoms with Gasteiger partial charge in [0.2, 0.25) is 0 Å². The summed E-state index contributed by atoms with van der Waals surface area (Å²) in [6.07, 6.45) is 0.453. The first-order valence-corrected chi connectivity index (χ1v) is 7.05. The van der Waals surface area contributed by atoms with Crippen LogP contribution in [0.5, 0.6) is 0 Å². The van der Waals surface area contributed by atoms with Crippen LogP contribution in [0.25, 0.3) is 0 Å². The molecule has 2 rings (SSSR count). The number of nitrogens with zero attached hydrogens (tertiary/aromatic N) is 1. The van der Waals surface area contributed by atoms with E-state index in [-0.39, 0.29) is 6.10 Å². The van der Waals surface area contributed by atoms with Crippen molar-refractivity contribution in [2.75, 3.05) is 13.6 Å². The summed E-state index contributed by atoms with van der Waals surface area (Å²) in [4.78, 5) is 3.41. The number of benzene rings is 1. The molecule has 1 atom stereocenters. The number of aliphatic hydroxyl groups excluding tert-OH is 1. The second-order valence-corrected chi connectivity index (χ2v) is 5.65. The molecule has 2 aromatic rings. The first kappa shape index (κ1) is 13.3. The van der Waals surface area contributed by atoms with Crippen LogP contribution in [-0.4, -0.2) is 29.7 Å². The van der Waals surface area contributed by atoms with Crippen molar-refractivity contribution in [1.29, 1.82) is 0 Å². The summed E-state index contributed by atoms with van der Waals surface area (Å²) in [5.74, 6) is 0. The van der Waals surface area contributed by atoms with E-state index in [0.717, 1.165) is 13.0 Å². The lowest BCUT2D eigenvalue weighted by Gasteiger charge is -2.20. The van der Waals surface area contributed by atoms with Gasteiger partial charge in [-0.3, -0.25) is 4.90 Å². The minimum Gasteiger partial charge on any atom is -0.391 e. The van der Waals surface area contributed by atoms with Crippen LogP contribution in [-0.2, 0) is 13.0 Å². The Morgan fingerprint density at radius 3 is 2.61 bits per heavy atom. The van der Waals surface area contributed by atoms with E-state index in [1.165, 1.54) is 10.4 Å². The molecule has 0 saturated heterocycles. The highest BCUT2D eigenvalue weighted by atomic mass is 32.1. The molecule has 0 spiro atoms. The van der Waals surface area contributed by atoms with Crippen LogP contribution in [0.2, 0.25) is 0 Å². The third-order valence-electron chi connectivity index (χ3n) is 2.83. The van der Waals surface area contributed by atoms with Crippen LogP contribution < -0.4 is 0 Å². The van der Waals surface area contributed by atoms with E-state index in [1.54, 1.807) is 11.3 Å². The van der Waals surface area contributed by atoms with Crippen LogP contribution in [0.15, 0.2) is 47.8 Å². The molecule has 0 bridgehead atoms. The monoisotopic (exact) mass is 261 g/mol. The number of likely N-dealkylation sites (N-methyl/N-ethyl adjacent to an activating group) is 1. The van der Waals surface area contributed by atoms with Crippen molar-refractivity contribution in [3.8, 4) is 0 Å². The summed E-state index contributed by atoms with van der Waals surface area (Å²) in [7, 11) is 2.05. The zero-order chi connectivity index (χ0) is 12.8. The van der Waals surface area contributed by atoms with Gasteiger partial charge < -0.3 is 5.11 Å². The lowest BCUT2D eigenvalue weighted by atomic mass is 10.2. The van der Waals surface area contributed by atoms with Gasteiger partial charge in [0.15, 0.2) is 0 Å². The maximum absolute atomic E-state index is 10.0. The Balaban J connectivity index is 1.78. The van der Waals surface area contributed by atoms with Crippen molar-refractivity contribution in [1.82, 2.24) is 4.90 Å². The summed E-state index contributed by atoms with van der Waals surface area (Å²) in [5.41, 5.74) is 1.28. The highest BCUT2D eigenvalue weighted by molar-refractivity contribution is 7.09. The van der Waals surface area contributed by atoms with E-state index in [9.17, 15) is 5.11 Å². The second kappa shape index (κ2) is 6.69. The fraction of sp³-hybridized carbons (Fsp3) is 0.333. The number of hydrogen-bond acceptors (Lipinski definition) is 3. The lowest BCUT2D eigenvalue weighted by Crippen LogP contribution is -2.29. The van der Waals surface area contributed by atoms with Crippen LogP contribution in [0.4, 0.5) is 0 Å². The third kappa shape index (κ3) is 4.26. The van der Waals surface area contributed by atoms with Crippen LogP contribution >= 0.6 is 11.3 Å². The lowest BCUT2D eigenvalue weighted by molar-refractivity contribution is 0.123. The molecule has 0 fully saturated rings. The van der Waals surface area contributed by atoms with Gasteiger partial charge in [0.05, 0.1) is 6.10 Å². The van der Waals surface area contributed by atoms with Gasteiger partial charge in [-0.1, -0.05) is 36.4 Å². The minimum absolute atomic E-state index is 0.294. The van der Waals surface area contributed by atoms with Gasteiger partial charge in [-0.05, 0) is 24.1 Å². The van der Waals surface area contributed by atoms with Crippen molar-refractivity contribution < 1.29 is 5.11 Å². The molecular weight excluding hydrogens is 242 g/mol. The average Bonchev–Trinajstić information content (AvgIpc) is 2.82. The molecule has 1 aromatic heterocycles. The zero-order valence-corrected chi connectivity index (χ0v) is 11.4. The van der Waals surface area contributed by atoms with E-state index in [2.05, 4.69) is 28.5 Å². The first-order valence-electron chi connectivity index (χ1n) is 6.17. The minimum atomic E-state index is -0.294. The normalized spacial score (nSPS) is 12.8. The molecule has 1 aromatic carbocycles. The number of thiophene rings is 1. The molecule has 1 N–H and O–H groups in total. The third-order valence-corrected chi connectivity index (χ3v) is 3.73. The maximum Gasteiger partial charge on any atom is 0.0715 e. The Hall–Kier alpha value is -1.16. The highest BCUT2D eigenvalue weighted by Gasteiger charge is 2.10. The zero-order valence-electron chi connectivity index (χ0n) is 10.6. The molecule has 0 amide bonds. The molecule has 96 valence electrons. The van der Waals surface area contributed by atoms with Crippen molar-refractivity contribution in [3.05, 3.63) is 58.3 Å². The first-order chi connectivity index (χ1) is 8.74. The number of aliphatic hydroxyl groups is 1.